The molecule has 5 rings (SSSR count). The Morgan fingerprint density at radius 1 is 1.05 bits per heavy atom. The molecule has 0 atom stereocenters. The number of halogens is 1. The van der Waals surface area contributed by atoms with Gasteiger partial charge in [-0.05, 0) is 80.2 Å². The molecule has 2 fully saturated rings. The lowest BCUT2D eigenvalue weighted by atomic mass is 9.63. The number of carbonyl (C=O) groups excluding carboxylic acids is 2. The van der Waals surface area contributed by atoms with Gasteiger partial charge in [-0.3, -0.25) is 9.59 Å². The minimum Gasteiger partial charge on any atom is -0.390 e. The van der Waals surface area contributed by atoms with Crippen molar-refractivity contribution in [2.24, 2.45) is 11.7 Å². The van der Waals surface area contributed by atoms with Crippen molar-refractivity contribution in [2.45, 2.75) is 76.0 Å². The van der Waals surface area contributed by atoms with Crippen LogP contribution in [0.1, 0.15) is 64.4 Å². The van der Waals surface area contributed by atoms with Crippen LogP contribution >= 0.6 is 0 Å². The molecule has 3 aromatic rings. The summed E-state index contributed by atoms with van der Waals surface area (Å²) in [7, 11) is 1.84. The number of amides is 2. The summed E-state index contributed by atoms with van der Waals surface area (Å²) in [5.41, 5.74) is 8.78. The molecule has 0 radical (unpaired) electrons. The van der Waals surface area contributed by atoms with Crippen LogP contribution in [-0.2, 0) is 15.1 Å². The number of aliphatic hydroxyl groups is 1. The standard InChI is InChI=1S/C33H39FN4O3/c1-21(39)38(3)25-14-8-22(9-15-25)16-31(40)37-30-17-27(26-6-4-5-7-29(26)34)28(18-36-30)23-10-12-24(13-11-23)33(35)19-32(2,41)20-33/h4-7,10-13,17-18,22,25,41H,8-9,14-16,19-20,35H2,1-3H3,(H,36,37,40)/t22-,25-,32-,33-. The van der Waals surface area contributed by atoms with E-state index in [1.807, 2.05) is 31.3 Å². The van der Waals surface area contributed by atoms with E-state index in [4.69, 9.17) is 5.73 Å². The molecule has 0 unspecified atom stereocenters. The van der Waals surface area contributed by atoms with E-state index in [9.17, 15) is 19.1 Å². The van der Waals surface area contributed by atoms with Crippen LogP contribution in [0.5, 0.6) is 0 Å². The monoisotopic (exact) mass is 558 g/mol. The molecule has 2 aromatic carbocycles. The number of rotatable bonds is 7. The van der Waals surface area contributed by atoms with Crippen LogP contribution in [0.2, 0.25) is 0 Å². The Hall–Kier alpha value is -3.62. The molecular weight excluding hydrogens is 519 g/mol. The van der Waals surface area contributed by atoms with Gasteiger partial charge in [0.1, 0.15) is 11.6 Å². The van der Waals surface area contributed by atoms with Gasteiger partial charge in [0.15, 0.2) is 0 Å². The number of benzene rings is 2. The molecule has 2 aliphatic carbocycles. The second kappa shape index (κ2) is 11.3. The largest absolute Gasteiger partial charge is 0.390 e. The highest BCUT2D eigenvalue weighted by atomic mass is 19.1. The van der Waals surface area contributed by atoms with Gasteiger partial charge >= 0.3 is 0 Å². The minimum absolute atomic E-state index is 0.0678. The zero-order chi connectivity index (χ0) is 29.4. The van der Waals surface area contributed by atoms with E-state index in [0.29, 0.717) is 36.2 Å². The molecule has 4 N–H and O–H groups in total. The number of anilines is 1. The van der Waals surface area contributed by atoms with Crippen molar-refractivity contribution >= 4 is 17.6 Å². The molecule has 0 bridgehead atoms. The van der Waals surface area contributed by atoms with Gasteiger partial charge in [0.05, 0.1) is 5.60 Å². The number of nitrogens with one attached hydrogen (secondary N) is 1. The zero-order valence-corrected chi connectivity index (χ0v) is 24.0. The Bertz CT molecular complexity index is 1420. The van der Waals surface area contributed by atoms with Gasteiger partial charge in [0, 0.05) is 49.3 Å². The summed E-state index contributed by atoms with van der Waals surface area (Å²) in [6.45, 7) is 3.37. The van der Waals surface area contributed by atoms with Crippen molar-refractivity contribution in [3.8, 4) is 22.3 Å². The van der Waals surface area contributed by atoms with Crippen molar-refractivity contribution in [3.05, 3.63) is 72.2 Å². The highest BCUT2D eigenvalue weighted by Gasteiger charge is 2.49. The van der Waals surface area contributed by atoms with Crippen LogP contribution in [0.25, 0.3) is 22.3 Å². The van der Waals surface area contributed by atoms with Gasteiger partial charge < -0.3 is 21.1 Å². The molecule has 7 nitrogen and oxygen atoms in total. The summed E-state index contributed by atoms with van der Waals surface area (Å²) in [5.74, 6) is 0.205. The van der Waals surface area contributed by atoms with Crippen molar-refractivity contribution in [2.75, 3.05) is 12.4 Å². The Balaban J connectivity index is 1.33. The summed E-state index contributed by atoms with van der Waals surface area (Å²) in [5, 5.41) is 13.1. The average Bonchev–Trinajstić information content (AvgIpc) is 2.92. The first kappa shape index (κ1) is 28.9. The van der Waals surface area contributed by atoms with Gasteiger partial charge in [-0.1, -0.05) is 42.5 Å². The maximum atomic E-state index is 15.0. The lowest BCUT2D eigenvalue weighted by Gasteiger charge is -2.49. The number of carbonyl (C=O) groups is 2. The van der Waals surface area contributed by atoms with Crippen molar-refractivity contribution < 1.29 is 19.1 Å². The normalized spacial score (nSPS) is 25.7. The Labute approximate surface area is 241 Å². The summed E-state index contributed by atoms with van der Waals surface area (Å²) < 4.78 is 15.0. The summed E-state index contributed by atoms with van der Waals surface area (Å²) in [4.78, 5) is 31.0. The van der Waals surface area contributed by atoms with Crippen molar-refractivity contribution in [1.29, 1.82) is 0 Å². The van der Waals surface area contributed by atoms with E-state index in [0.717, 1.165) is 42.4 Å². The van der Waals surface area contributed by atoms with Crippen LogP contribution in [0.4, 0.5) is 10.2 Å². The SMILES string of the molecule is CC(=O)N(C)[C@H]1CC[C@H](CC(=O)Nc2cc(-c3ccccc3F)c(-c3ccc([C@]4(N)C[C@](C)(O)C4)cc3)cn2)CC1. The van der Waals surface area contributed by atoms with E-state index in [2.05, 4.69) is 10.3 Å². The first-order valence-electron chi connectivity index (χ1n) is 14.3. The van der Waals surface area contributed by atoms with Crippen LogP contribution in [0.3, 0.4) is 0 Å². The lowest BCUT2D eigenvalue weighted by Crippen LogP contribution is -2.58. The van der Waals surface area contributed by atoms with E-state index < -0.39 is 11.1 Å². The molecule has 2 saturated carbocycles. The maximum absolute atomic E-state index is 15.0. The van der Waals surface area contributed by atoms with E-state index in [-0.39, 0.29) is 29.6 Å². The summed E-state index contributed by atoms with van der Waals surface area (Å²) in [6, 6.07) is 16.3. The number of hydrogen-bond donors (Lipinski definition) is 3. The van der Waals surface area contributed by atoms with E-state index in [1.54, 1.807) is 49.2 Å². The second-order valence-corrected chi connectivity index (χ2v) is 12.2. The fraction of sp³-hybridized carbons (Fsp3) is 0.424. The average molecular weight is 559 g/mol. The number of aromatic nitrogens is 1. The molecule has 2 amide bonds. The molecule has 0 saturated heterocycles. The fourth-order valence-corrected chi connectivity index (χ4v) is 6.60. The number of nitrogens with two attached hydrogens (primary N) is 1. The predicted molar refractivity (Wildman–Crippen MR) is 158 cm³/mol. The summed E-state index contributed by atoms with van der Waals surface area (Å²) >= 11 is 0. The highest BCUT2D eigenvalue weighted by Crippen LogP contribution is 2.46. The number of hydrogen-bond acceptors (Lipinski definition) is 5. The first-order chi connectivity index (χ1) is 19.4. The third-order valence-electron chi connectivity index (χ3n) is 8.83. The van der Waals surface area contributed by atoms with Crippen LogP contribution in [0, 0.1) is 11.7 Å². The topological polar surface area (TPSA) is 109 Å². The summed E-state index contributed by atoms with van der Waals surface area (Å²) in [6.07, 6.45) is 6.59. The Kier molecular flexibility index (Phi) is 7.99. The van der Waals surface area contributed by atoms with Crippen LogP contribution in [0.15, 0.2) is 60.8 Å². The number of pyridine rings is 1. The third-order valence-corrected chi connectivity index (χ3v) is 8.83. The first-order valence-corrected chi connectivity index (χ1v) is 14.3. The van der Waals surface area contributed by atoms with Crippen molar-refractivity contribution in [1.82, 2.24) is 9.88 Å². The van der Waals surface area contributed by atoms with Crippen molar-refractivity contribution in [3.63, 3.8) is 0 Å². The minimum atomic E-state index is -0.749. The van der Waals surface area contributed by atoms with Crippen LogP contribution < -0.4 is 11.1 Å². The molecule has 0 aliphatic heterocycles. The predicted octanol–water partition coefficient (Wildman–Crippen LogP) is 5.62. The molecule has 1 aromatic heterocycles. The van der Waals surface area contributed by atoms with E-state index >= 15 is 0 Å². The molecular formula is C33H39FN4O3. The Morgan fingerprint density at radius 3 is 2.32 bits per heavy atom. The van der Waals surface area contributed by atoms with Gasteiger partial charge in [0.25, 0.3) is 0 Å². The van der Waals surface area contributed by atoms with Crippen LogP contribution in [-0.4, -0.2) is 45.5 Å². The van der Waals surface area contributed by atoms with Gasteiger partial charge in [-0.25, -0.2) is 9.37 Å². The molecule has 1 heterocycles. The molecule has 216 valence electrons. The maximum Gasteiger partial charge on any atom is 0.225 e. The van der Waals surface area contributed by atoms with Gasteiger partial charge in [-0.15, -0.1) is 0 Å². The van der Waals surface area contributed by atoms with Gasteiger partial charge in [0.2, 0.25) is 11.8 Å². The molecule has 0 spiro atoms. The third kappa shape index (κ3) is 6.34. The molecule has 2 aliphatic rings. The quantitative estimate of drug-likeness (QED) is 0.349. The van der Waals surface area contributed by atoms with E-state index in [1.165, 1.54) is 6.07 Å². The lowest BCUT2D eigenvalue weighted by molar-refractivity contribution is -0.130. The molecule has 41 heavy (non-hydrogen) atoms. The highest BCUT2D eigenvalue weighted by molar-refractivity contribution is 5.92. The second-order valence-electron chi connectivity index (χ2n) is 12.2. The van der Waals surface area contributed by atoms with Gasteiger partial charge in [-0.2, -0.15) is 0 Å². The smallest absolute Gasteiger partial charge is 0.225 e. The fourth-order valence-electron chi connectivity index (χ4n) is 6.60. The zero-order valence-electron chi connectivity index (χ0n) is 24.0. The molecule has 8 heteroatoms. The Morgan fingerprint density at radius 2 is 1.71 bits per heavy atom. The number of nitrogens with zero attached hydrogens (tertiary/aromatic N) is 2.